The van der Waals surface area contributed by atoms with Gasteiger partial charge < -0.3 is 11.1 Å². The fraction of sp³-hybridized carbons (Fsp3) is 0.231. The van der Waals surface area contributed by atoms with Gasteiger partial charge in [0.15, 0.2) is 0 Å². The molecule has 1 rings (SSSR count). The van der Waals surface area contributed by atoms with Crippen LogP contribution in [0.4, 0.5) is 13.2 Å². The lowest BCUT2D eigenvalue weighted by Gasteiger charge is -2.14. The van der Waals surface area contributed by atoms with Crippen LogP contribution >= 0.6 is 0 Å². The first kappa shape index (κ1) is 15.7. The minimum Gasteiger partial charge on any atom is -0.368 e. The standard InChI is InChI=1S/C13H13F3N2O2/c1-2-3-10(11(17)19)18-12(20)8-4-6-9(7-5-8)13(14,15)16/h2,4-7,10H,1,3H2,(H2,17,19)(H,18,20)/t10-/m0/s1. The Kier molecular flexibility index (Phi) is 4.90. The third kappa shape index (κ3) is 4.11. The number of carbonyl (C=O) groups is 2. The number of primary amides is 1. The van der Waals surface area contributed by atoms with E-state index in [0.29, 0.717) is 0 Å². The van der Waals surface area contributed by atoms with E-state index in [1.807, 2.05) is 0 Å². The van der Waals surface area contributed by atoms with Crippen molar-refractivity contribution in [2.24, 2.45) is 5.73 Å². The lowest BCUT2D eigenvalue weighted by atomic mass is 10.1. The molecule has 4 nitrogen and oxygen atoms in total. The molecule has 0 saturated carbocycles. The third-order valence-electron chi connectivity index (χ3n) is 2.53. The van der Waals surface area contributed by atoms with Gasteiger partial charge in [-0.25, -0.2) is 0 Å². The van der Waals surface area contributed by atoms with Gasteiger partial charge in [-0.1, -0.05) is 6.08 Å². The van der Waals surface area contributed by atoms with Crippen molar-refractivity contribution in [2.45, 2.75) is 18.6 Å². The first-order valence-corrected chi connectivity index (χ1v) is 5.64. The minimum absolute atomic E-state index is 0.00770. The lowest BCUT2D eigenvalue weighted by molar-refractivity contribution is -0.137. The first-order valence-electron chi connectivity index (χ1n) is 5.64. The number of hydrogen-bond acceptors (Lipinski definition) is 2. The van der Waals surface area contributed by atoms with Gasteiger partial charge in [-0.15, -0.1) is 6.58 Å². The van der Waals surface area contributed by atoms with Crippen LogP contribution < -0.4 is 11.1 Å². The molecule has 20 heavy (non-hydrogen) atoms. The molecule has 0 heterocycles. The molecule has 0 fully saturated rings. The van der Waals surface area contributed by atoms with E-state index in [9.17, 15) is 22.8 Å². The summed E-state index contributed by atoms with van der Waals surface area (Å²) in [6, 6.07) is 2.71. The minimum atomic E-state index is -4.46. The molecule has 0 saturated heterocycles. The van der Waals surface area contributed by atoms with Crippen LogP contribution in [0.2, 0.25) is 0 Å². The van der Waals surface area contributed by atoms with Crippen molar-refractivity contribution < 1.29 is 22.8 Å². The summed E-state index contributed by atoms with van der Waals surface area (Å²) in [7, 11) is 0. The predicted octanol–water partition coefficient (Wildman–Crippen LogP) is 1.87. The summed E-state index contributed by atoms with van der Waals surface area (Å²) in [6.07, 6.45) is -2.92. The third-order valence-corrected chi connectivity index (χ3v) is 2.53. The number of hydrogen-bond donors (Lipinski definition) is 2. The van der Waals surface area contributed by atoms with Crippen LogP contribution in [0.5, 0.6) is 0 Å². The van der Waals surface area contributed by atoms with Crippen molar-refractivity contribution in [1.82, 2.24) is 5.32 Å². The summed E-state index contributed by atoms with van der Waals surface area (Å²) in [5, 5.41) is 2.33. The van der Waals surface area contributed by atoms with Gasteiger partial charge in [-0.05, 0) is 30.7 Å². The van der Waals surface area contributed by atoms with E-state index in [-0.39, 0.29) is 12.0 Å². The molecule has 0 bridgehead atoms. The van der Waals surface area contributed by atoms with E-state index in [1.165, 1.54) is 6.08 Å². The van der Waals surface area contributed by atoms with E-state index in [4.69, 9.17) is 5.73 Å². The van der Waals surface area contributed by atoms with Crippen LogP contribution in [0.3, 0.4) is 0 Å². The second kappa shape index (κ2) is 6.23. The number of nitrogens with two attached hydrogens (primary N) is 1. The Hall–Kier alpha value is -2.31. The summed E-state index contributed by atoms with van der Waals surface area (Å²) in [5.41, 5.74) is 4.23. The van der Waals surface area contributed by atoms with Gasteiger partial charge in [0.1, 0.15) is 6.04 Å². The monoisotopic (exact) mass is 286 g/mol. The Morgan fingerprint density at radius 1 is 1.30 bits per heavy atom. The number of amides is 2. The fourth-order valence-corrected chi connectivity index (χ4v) is 1.47. The topological polar surface area (TPSA) is 72.2 Å². The smallest absolute Gasteiger partial charge is 0.368 e. The van der Waals surface area contributed by atoms with Gasteiger partial charge in [0.05, 0.1) is 5.56 Å². The highest BCUT2D eigenvalue weighted by atomic mass is 19.4. The molecule has 0 aliphatic rings. The maximum absolute atomic E-state index is 12.4. The van der Waals surface area contributed by atoms with Gasteiger partial charge in [-0.3, -0.25) is 9.59 Å². The Balaban J connectivity index is 2.82. The van der Waals surface area contributed by atoms with Crippen LogP contribution in [0.15, 0.2) is 36.9 Å². The van der Waals surface area contributed by atoms with E-state index in [2.05, 4.69) is 11.9 Å². The van der Waals surface area contributed by atoms with Crippen molar-refractivity contribution in [2.75, 3.05) is 0 Å². The van der Waals surface area contributed by atoms with Crippen LogP contribution in [0.1, 0.15) is 22.3 Å². The zero-order chi connectivity index (χ0) is 15.3. The Bertz CT molecular complexity index is 509. The molecule has 0 spiro atoms. The van der Waals surface area contributed by atoms with E-state index in [0.717, 1.165) is 24.3 Å². The molecule has 1 atom stereocenters. The van der Waals surface area contributed by atoms with Crippen molar-refractivity contribution in [3.63, 3.8) is 0 Å². The van der Waals surface area contributed by atoms with E-state index < -0.39 is 29.6 Å². The summed E-state index contributed by atoms with van der Waals surface area (Å²) < 4.78 is 37.1. The van der Waals surface area contributed by atoms with Gasteiger partial charge in [0.25, 0.3) is 5.91 Å². The quantitative estimate of drug-likeness (QED) is 0.811. The highest BCUT2D eigenvalue weighted by Crippen LogP contribution is 2.29. The molecular weight excluding hydrogens is 273 g/mol. The average molecular weight is 286 g/mol. The van der Waals surface area contributed by atoms with Crippen molar-refractivity contribution in [3.8, 4) is 0 Å². The maximum Gasteiger partial charge on any atom is 0.416 e. The number of benzene rings is 1. The van der Waals surface area contributed by atoms with Gasteiger partial charge in [-0.2, -0.15) is 13.2 Å². The predicted molar refractivity (Wildman–Crippen MR) is 66.7 cm³/mol. The molecule has 0 aromatic heterocycles. The molecular formula is C13H13F3N2O2. The number of rotatable bonds is 5. The van der Waals surface area contributed by atoms with Crippen molar-refractivity contribution in [1.29, 1.82) is 0 Å². The normalized spacial score (nSPS) is 12.6. The Morgan fingerprint density at radius 3 is 2.25 bits per heavy atom. The SMILES string of the molecule is C=CC[C@H](NC(=O)c1ccc(C(F)(F)F)cc1)C(N)=O. The fourth-order valence-electron chi connectivity index (χ4n) is 1.47. The molecule has 7 heteroatoms. The number of halogens is 3. The lowest BCUT2D eigenvalue weighted by Crippen LogP contribution is -2.44. The van der Waals surface area contributed by atoms with Crippen LogP contribution in [-0.4, -0.2) is 17.9 Å². The number of nitrogens with one attached hydrogen (secondary N) is 1. The Morgan fingerprint density at radius 2 is 1.85 bits per heavy atom. The highest BCUT2D eigenvalue weighted by Gasteiger charge is 2.30. The summed E-state index contributed by atoms with van der Waals surface area (Å²) in [6.45, 7) is 3.42. The maximum atomic E-state index is 12.4. The Labute approximate surface area is 113 Å². The number of alkyl halides is 3. The largest absolute Gasteiger partial charge is 0.416 e. The molecule has 1 aromatic carbocycles. The summed E-state index contributed by atoms with van der Waals surface area (Å²) in [4.78, 5) is 22.8. The highest BCUT2D eigenvalue weighted by molar-refractivity contribution is 5.97. The number of carbonyl (C=O) groups excluding carboxylic acids is 2. The second-order valence-corrected chi connectivity index (χ2v) is 4.03. The first-order chi connectivity index (χ1) is 9.25. The van der Waals surface area contributed by atoms with Crippen molar-refractivity contribution >= 4 is 11.8 Å². The molecule has 0 unspecified atom stereocenters. The molecule has 3 N–H and O–H groups in total. The zero-order valence-corrected chi connectivity index (χ0v) is 10.4. The molecule has 0 aliphatic carbocycles. The van der Waals surface area contributed by atoms with Gasteiger partial charge in [0, 0.05) is 5.56 Å². The van der Waals surface area contributed by atoms with E-state index in [1.54, 1.807) is 0 Å². The van der Waals surface area contributed by atoms with Crippen LogP contribution in [0.25, 0.3) is 0 Å². The summed E-state index contributed by atoms with van der Waals surface area (Å²) >= 11 is 0. The molecule has 2 amide bonds. The van der Waals surface area contributed by atoms with Crippen LogP contribution in [-0.2, 0) is 11.0 Å². The molecule has 0 radical (unpaired) electrons. The average Bonchev–Trinajstić information content (AvgIpc) is 2.37. The van der Waals surface area contributed by atoms with Gasteiger partial charge in [0.2, 0.25) is 5.91 Å². The second-order valence-electron chi connectivity index (χ2n) is 4.03. The van der Waals surface area contributed by atoms with Crippen molar-refractivity contribution in [3.05, 3.63) is 48.0 Å². The van der Waals surface area contributed by atoms with Gasteiger partial charge >= 0.3 is 6.18 Å². The molecule has 108 valence electrons. The van der Waals surface area contributed by atoms with Crippen LogP contribution in [0, 0.1) is 0 Å². The molecule has 1 aromatic rings. The van der Waals surface area contributed by atoms with E-state index >= 15 is 0 Å². The molecule has 0 aliphatic heterocycles. The zero-order valence-electron chi connectivity index (χ0n) is 10.4. The summed E-state index contributed by atoms with van der Waals surface area (Å²) in [5.74, 6) is -1.42.